The molecule has 6 heteroatoms. The smallest absolute Gasteiger partial charge is 0.320 e. The van der Waals surface area contributed by atoms with E-state index in [1.165, 1.54) is 0 Å². The Labute approximate surface area is 137 Å². The Morgan fingerprint density at radius 3 is 2.70 bits per heavy atom. The van der Waals surface area contributed by atoms with Gasteiger partial charge in [0.2, 0.25) is 5.91 Å². The Morgan fingerprint density at radius 1 is 1.35 bits per heavy atom. The summed E-state index contributed by atoms with van der Waals surface area (Å²) >= 11 is 0. The predicted octanol–water partition coefficient (Wildman–Crippen LogP) is 1.72. The highest BCUT2D eigenvalue weighted by atomic mass is 16.5. The van der Waals surface area contributed by atoms with Crippen LogP contribution in [0.15, 0.2) is 24.3 Å². The Hall–Kier alpha value is -2.08. The molecule has 0 saturated carbocycles. The van der Waals surface area contributed by atoms with Crippen molar-refractivity contribution in [2.45, 2.75) is 45.7 Å². The molecule has 23 heavy (non-hydrogen) atoms. The molecule has 0 spiro atoms. The molecule has 0 aliphatic carbocycles. The van der Waals surface area contributed by atoms with E-state index in [9.17, 15) is 9.59 Å². The van der Waals surface area contributed by atoms with Gasteiger partial charge in [-0.25, -0.2) is 0 Å². The van der Waals surface area contributed by atoms with Gasteiger partial charge in [0, 0.05) is 0 Å². The Balaban J connectivity index is 2.31. The first-order valence-electron chi connectivity index (χ1n) is 7.90. The number of carbonyl (C=O) groups excluding carboxylic acids is 1. The van der Waals surface area contributed by atoms with E-state index < -0.39 is 18.1 Å². The summed E-state index contributed by atoms with van der Waals surface area (Å²) < 4.78 is 5.55. The molecule has 0 aliphatic rings. The maximum Gasteiger partial charge on any atom is 0.320 e. The third-order valence-electron chi connectivity index (χ3n) is 3.38. The molecule has 2 atom stereocenters. The van der Waals surface area contributed by atoms with Crippen molar-refractivity contribution in [2.75, 3.05) is 13.2 Å². The lowest BCUT2D eigenvalue weighted by molar-refractivity contribution is -0.140. The van der Waals surface area contributed by atoms with E-state index in [2.05, 4.69) is 10.6 Å². The van der Waals surface area contributed by atoms with Crippen molar-refractivity contribution in [2.24, 2.45) is 0 Å². The van der Waals surface area contributed by atoms with Crippen LogP contribution in [0, 0.1) is 6.92 Å². The number of ether oxygens (including phenoxy) is 1. The fraction of sp³-hybridized carbons (Fsp3) is 0.529. The summed E-state index contributed by atoms with van der Waals surface area (Å²) in [6, 6.07) is 6.41. The molecular formula is C17H26N2O4. The molecule has 1 rings (SSSR count). The summed E-state index contributed by atoms with van der Waals surface area (Å²) in [6.07, 6.45) is 1.23. The summed E-state index contributed by atoms with van der Waals surface area (Å²) in [5.41, 5.74) is 1.11. The van der Waals surface area contributed by atoms with Gasteiger partial charge in [-0.05, 0) is 38.0 Å². The maximum absolute atomic E-state index is 11.9. The molecule has 3 N–H and O–H groups in total. The van der Waals surface area contributed by atoms with Crippen molar-refractivity contribution >= 4 is 11.9 Å². The highest BCUT2D eigenvalue weighted by Crippen LogP contribution is 2.11. The molecule has 1 aromatic rings. The fourth-order valence-electron chi connectivity index (χ4n) is 2.15. The number of carboxylic acids is 1. The minimum Gasteiger partial charge on any atom is -0.492 e. The number of aryl methyl sites for hydroxylation is 1. The van der Waals surface area contributed by atoms with Gasteiger partial charge in [0.15, 0.2) is 0 Å². The first kappa shape index (κ1) is 19.0. The lowest BCUT2D eigenvalue weighted by atomic mass is 10.1. The van der Waals surface area contributed by atoms with E-state index in [0.717, 1.165) is 17.7 Å². The van der Waals surface area contributed by atoms with E-state index in [0.29, 0.717) is 19.6 Å². The lowest BCUT2D eigenvalue weighted by Crippen LogP contribution is -2.49. The Kier molecular flexibility index (Phi) is 8.11. The quantitative estimate of drug-likeness (QED) is 0.571. The average Bonchev–Trinajstić information content (AvgIpc) is 2.50. The largest absolute Gasteiger partial charge is 0.492 e. The van der Waals surface area contributed by atoms with Crippen molar-refractivity contribution < 1.29 is 19.4 Å². The molecule has 0 saturated heterocycles. The third-order valence-corrected chi connectivity index (χ3v) is 3.38. The van der Waals surface area contributed by atoms with Gasteiger partial charge in [-0.1, -0.05) is 25.5 Å². The Bertz CT molecular complexity index is 519. The van der Waals surface area contributed by atoms with Crippen molar-refractivity contribution in [1.82, 2.24) is 10.6 Å². The Morgan fingerprint density at radius 2 is 2.09 bits per heavy atom. The predicted molar refractivity (Wildman–Crippen MR) is 88.6 cm³/mol. The van der Waals surface area contributed by atoms with Crippen LogP contribution in [0.3, 0.4) is 0 Å². The molecule has 1 aromatic carbocycles. The number of carboxylic acid groups (broad SMARTS) is 1. The van der Waals surface area contributed by atoms with E-state index in [-0.39, 0.29) is 5.91 Å². The zero-order chi connectivity index (χ0) is 17.2. The van der Waals surface area contributed by atoms with Crippen LogP contribution in [0.5, 0.6) is 5.75 Å². The second-order valence-corrected chi connectivity index (χ2v) is 5.52. The normalized spacial score (nSPS) is 13.2. The van der Waals surface area contributed by atoms with Crippen LogP contribution in [0.2, 0.25) is 0 Å². The topological polar surface area (TPSA) is 87.7 Å². The summed E-state index contributed by atoms with van der Waals surface area (Å²) in [6.45, 7) is 6.27. The fourth-order valence-corrected chi connectivity index (χ4v) is 2.15. The SMILES string of the molecule is CCCC(NC(C)C(=O)NCCOc1cccc(C)c1)C(=O)O. The number of benzene rings is 1. The minimum absolute atomic E-state index is 0.236. The van der Waals surface area contributed by atoms with Gasteiger partial charge in [0.05, 0.1) is 12.6 Å². The van der Waals surface area contributed by atoms with Crippen LogP contribution in [-0.4, -0.2) is 42.2 Å². The molecule has 2 unspecified atom stereocenters. The molecule has 0 heterocycles. The first-order valence-corrected chi connectivity index (χ1v) is 7.90. The zero-order valence-electron chi connectivity index (χ0n) is 14.0. The molecule has 0 fully saturated rings. The minimum atomic E-state index is -0.936. The molecule has 0 bridgehead atoms. The van der Waals surface area contributed by atoms with Gasteiger partial charge >= 0.3 is 5.97 Å². The van der Waals surface area contributed by atoms with Crippen LogP contribution in [0.4, 0.5) is 0 Å². The van der Waals surface area contributed by atoms with Gasteiger partial charge in [0.1, 0.15) is 18.4 Å². The number of hydrogen-bond donors (Lipinski definition) is 3. The molecule has 0 radical (unpaired) electrons. The lowest BCUT2D eigenvalue weighted by Gasteiger charge is -2.19. The van der Waals surface area contributed by atoms with Gasteiger partial charge in [-0.3, -0.25) is 14.9 Å². The second-order valence-electron chi connectivity index (χ2n) is 5.52. The number of amides is 1. The van der Waals surface area contributed by atoms with Crippen LogP contribution in [0.1, 0.15) is 32.3 Å². The second kappa shape index (κ2) is 9.84. The van der Waals surface area contributed by atoms with Crippen molar-refractivity contribution in [1.29, 1.82) is 0 Å². The monoisotopic (exact) mass is 322 g/mol. The van der Waals surface area contributed by atoms with Crippen LogP contribution in [-0.2, 0) is 9.59 Å². The summed E-state index contributed by atoms with van der Waals surface area (Å²) in [5.74, 6) is -0.409. The van der Waals surface area contributed by atoms with Crippen molar-refractivity contribution in [3.05, 3.63) is 29.8 Å². The third kappa shape index (κ3) is 7.15. The highest BCUT2D eigenvalue weighted by molar-refractivity contribution is 5.82. The van der Waals surface area contributed by atoms with E-state index in [4.69, 9.17) is 9.84 Å². The molecule has 6 nitrogen and oxygen atoms in total. The van der Waals surface area contributed by atoms with Gasteiger partial charge < -0.3 is 15.2 Å². The summed E-state index contributed by atoms with van der Waals surface area (Å²) in [7, 11) is 0. The number of rotatable bonds is 10. The molecule has 1 amide bonds. The van der Waals surface area contributed by atoms with E-state index >= 15 is 0 Å². The van der Waals surface area contributed by atoms with Gasteiger partial charge in [-0.15, -0.1) is 0 Å². The summed E-state index contributed by atoms with van der Waals surface area (Å²) in [5, 5.41) is 14.6. The summed E-state index contributed by atoms with van der Waals surface area (Å²) in [4.78, 5) is 23.0. The molecule has 0 aliphatic heterocycles. The molecule has 128 valence electrons. The number of hydrogen-bond acceptors (Lipinski definition) is 4. The zero-order valence-corrected chi connectivity index (χ0v) is 14.0. The number of carbonyl (C=O) groups is 2. The first-order chi connectivity index (χ1) is 10.9. The molecule has 0 aromatic heterocycles. The molecular weight excluding hydrogens is 296 g/mol. The van der Waals surface area contributed by atoms with Crippen LogP contribution in [0.25, 0.3) is 0 Å². The van der Waals surface area contributed by atoms with Gasteiger partial charge in [0.25, 0.3) is 0 Å². The van der Waals surface area contributed by atoms with Crippen molar-refractivity contribution in [3.8, 4) is 5.75 Å². The van der Waals surface area contributed by atoms with Crippen molar-refractivity contribution in [3.63, 3.8) is 0 Å². The van der Waals surface area contributed by atoms with E-state index in [1.807, 2.05) is 38.1 Å². The maximum atomic E-state index is 11.9. The highest BCUT2D eigenvalue weighted by Gasteiger charge is 2.21. The van der Waals surface area contributed by atoms with Crippen LogP contribution >= 0.6 is 0 Å². The number of nitrogens with one attached hydrogen (secondary N) is 2. The number of aliphatic carboxylic acids is 1. The van der Waals surface area contributed by atoms with Crippen LogP contribution < -0.4 is 15.4 Å². The standard InChI is InChI=1S/C17H26N2O4/c1-4-6-15(17(21)22)19-13(3)16(20)18-9-10-23-14-8-5-7-12(2)11-14/h5,7-8,11,13,15,19H,4,6,9-10H2,1-3H3,(H,18,20)(H,21,22). The average molecular weight is 322 g/mol. The van der Waals surface area contributed by atoms with E-state index in [1.54, 1.807) is 6.92 Å². The van der Waals surface area contributed by atoms with Gasteiger partial charge in [-0.2, -0.15) is 0 Å².